The summed E-state index contributed by atoms with van der Waals surface area (Å²) in [6.45, 7) is 3.94. The van der Waals surface area contributed by atoms with E-state index in [0.29, 0.717) is 10.2 Å². The average Bonchev–Trinajstić information content (AvgIpc) is 2.24. The van der Waals surface area contributed by atoms with Crippen LogP contribution < -0.4 is 4.90 Å². The number of methoxy groups -OCH3 is 1. The van der Waals surface area contributed by atoms with Gasteiger partial charge in [-0.3, -0.25) is 4.90 Å². The predicted octanol–water partition coefficient (Wildman–Crippen LogP) is 2.87. The van der Waals surface area contributed by atoms with Gasteiger partial charge in [-0.05, 0) is 12.1 Å². The van der Waals surface area contributed by atoms with E-state index < -0.39 is 6.09 Å². The Morgan fingerprint density at radius 2 is 2.31 bits per heavy atom. The molecule has 1 N–H and O–H groups in total. The van der Waals surface area contributed by atoms with Crippen LogP contribution >= 0.6 is 15.9 Å². The molecule has 5 heteroatoms. The lowest BCUT2D eigenvalue weighted by atomic mass is 10.3. The van der Waals surface area contributed by atoms with Crippen molar-refractivity contribution in [2.75, 3.05) is 18.6 Å². The van der Waals surface area contributed by atoms with E-state index in [0.717, 1.165) is 0 Å². The largest absolute Gasteiger partial charge is 0.508 e. The van der Waals surface area contributed by atoms with E-state index in [1.54, 1.807) is 12.1 Å². The Hall–Kier alpha value is -1.49. The number of rotatable bonds is 3. The Morgan fingerprint density at radius 3 is 2.81 bits per heavy atom. The first-order valence-corrected chi connectivity index (χ1v) is 5.31. The highest BCUT2D eigenvalue weighted by atomic mass is 79.9. The highest BCUT2D eigenvalue weighted by molar-refractivity contribution is 9.11. The van der Waals surface area contributed by atoms with E-state index >= 15 is 0 Å². The molecule has 0 saturated heterocycles. The molecule has 0 heterocycles. The smallest absolute Gasteiger partial charge is 0.414 e. The lowest BCUT2D eigenvalue weighted by Gasteiger charge is -2.20. The molecular formula is C11H12BrNO3. The zero-order valence-corrected chi connectivity index (χ0v) is 10.4. The normalized spacial score (nSPS) is 9.62. The maximum atomic E-state index is 11.5. The third-order valence-corrected chi connectivity index (χ3v) is 2.12. The van der Waals surface area contributed by atoms with Gasteiger partial charge in [-0.1, -0.05) is 28.6 Å². The highest BCUT2D eigenvalue weighted by Gasteiger charge is 2.16. The number of anilines is 1. The van der Waals surface area contributed by atoms with Crippen LogP contribution in [0.3, 0.4) is 0 Å². The number of carbonyl (C=O) groups excluding carboxylic acids is 1. The van der Waals surface area contributed by atoms with Gasteiger partial charge in [-0.15, -0.1) is 0 Å². The first kappa shape index (κ1) is 12.6. The molecule has 1 amide bonds. The third kappa shape index (κ3) is 3.27. The average molecular weight is 286 g/mol. The van der Waals surface area contributed by atoms with Gasteiger partial charge in [0.05, 0.1) is 19.3 Å². The van der Waals surface area contributed by atoms with Gasteiger partial charge in [0.15, 0.2) is 0 Å². The first-order chi connectivity index (χ1) is 7.54. The summed E-state index contributed by atoms with van der Waals surface area (Å²) in [5.74, 6) is 0.0894. The molecule has 0 aliphatic heterocycles. The zero-order valence-electron chi connectivity index (χ0n) is 8.81. The molecule has 0 aliphatic carbocycles. The van der Waals surface area contributed by atoms with Crippen LogP contribution in [-0.2, 0) is 4.74 Å². The molecule has 1 aromatic rings. The van der Waals surface area contributed by atoms with Gasteiger partial charge >= 0.3 is 6.09 Å². The molecule has 0 aromatic heterocycles. The van der Waals surface area contributed by atoms with Crippen molar-refractivity contribution in [2.24, 2.45) is 0 Å². The van der Waals surface area contributed by atoms with Gasteiger partial charge in [0.2, 0.25) is 0 Å². The summed E-state index contributed by atoms with van der Waals surface area (Å²) in [5, 5.41) is 9.34. The van der Waals surface area contributed by atoms with Crippen LogP contribution in [0.1, 0.15) is 0 Å². The SMILES string of the molecule is C=C(Br)CN(C(=O)OC)c1cccc(O)c1. The predicted molar refractivity (Wildman–Crippen MR) is 65.9 cm³/mol. The van der Waals surface area contributed by atoms with Crippen LogP contribution in [0, 0.1) is 0 Å². The molecule has 0 saturated carbocycles. The molecule has 0 spiro atoms. The van der Waals surface area contributed by atoms with Crippen molar-refractivity contribution in [1.29, 1.82) is 0 Å². The molecule has 0 bridgehead atoms. The summed E-state index contributed by atoms with van der Waals surface area (Å²) >= 11 is 3.18. The van der Waals surface area contributed by atoms with Gasteiger partial charge in [-0.2, -0.15) is 0 Å². The van der Waals surface area contributed by atoms with E-state index in [9.17, 15) is 9.90 Å². The minimum absolute atomic E-state index is 0.0894. The minimum Gasteiger partial charge on any atom is -0.508 e. The van der Waals surface area contributed by atoms with Gasteiger partial charge in [-0.25, -0.2) is 4.79 Å². The monoisotopic (exact) mass is 285 g/mol. The molecule has 86 valence electrons. The van der Waals surface area contributed by atoms with Crippen molar-refractivity contribution in [3.8, 4) is 5.75 Å². The summed E-state index contributed by atoms with van der Waals surface area (Å²) in [6.07, 6.45) is -0.508. The van der Waals surface area contributed by atoms with Crippen molar-refractivity contribution >= 4 is 27.7 Å². The summed E-state index contributed by atoms with van der Waals surface area (Å²) in [6, 6.07) is 6.36. The topological polar surface area (TPSA) is 49.8 Å². The van der Waals surface area contributed by atoms with Crippen molar-refractivity contribution < 1.29 is 14.6 Å². The number of nitrogens with zero attached hydrogens (tertiary/aromatic N) is 1. The van der Waals surface area contributed by atoms with Crippen molar-refractivity contribution in [3.63, 3.8) is 0 Å². The maximum Gasteiger partial charge on any atom is 0.414 e. The lowest BCUT2D eigenvalue weighted by molar-refractivity contribution is 0.179. The number of hydrogen-bond donors (Lipinski definition) is 1. The maximum absolute atomic E-state index is 11.5. The molecule has 0 radical (unpaired) electrons. The number of benzene rings is 1. The quantitative estimate of drug-likeness (QED) is 0.929. The van der Waals surface area contributed by atoms with Crippen LogP contribution in [0.5, 0.6) is 5.75 Å². The van der Waals surface area contributed by atoms with E-state index in [1.165, 1.54) is 24.1 Å². The number of carbonyl (C=O) groups is 1. The van der Waals surface area contributed by atoms with E-state index in [-0.39, 0.29) is 12.3 Å². The first-order valence-electron chi connectivity index (χ1n) is 4.52. The molecular weight excluding hydrogens is 274 g/mol. The molecule has 1 aromatic carbocycles. The second kappa shape index (κ2) is 5.55. The summed E-state index contributed by atoms with van der Waals surface area (Å²) in [7, 11) is 1.30. The zero-order chi connectivity index (χ0) is 12.1. The van der Waals surface area contributed by atoms with Crippen LogP contribution in [0.25, 0.3) is 0 Å². The fourth-order valence-electron chi connectivity index (χ4n) is 1.20. The van der Waals surface area contributed by atoms with E-state index in [4.69, 9.17) is 0 Å². The fraction of sp³-hybridized carbons (Fsp3) is 0.182. The number of hydrogen-bond acceptors (Lipinski definition) is 3. The summed E-state index contributed by atoms with van der Waals surface area (Å²) < 4.78 is 5.29. The van der Waals surface area contributed by atoms with E-state index in [1.807, 2.05) is 0 Å². The number of phenols is 1. The van der Waals surface area contributed by atoms with Gasteiger partial charge in [0.1, 0.15) is 5.75 Å². The van der Waals surface area contributed by atoms with Crippen LogP contribution in [0.15, 0.2) is 35.3 Å². The summed E-state index contributed by atoms with van der Waals surface area (Å²) in [5.41, 5.74) is 0.549. The Kier molecular flexibility index (Phi) is 4.37. The number of halogens is 1. The number of amides is 1. The molecule has 4 nitrogen and oxygen atoms in total. The standard InChI is InChI=1S/C11H12BrNO3/c1-8(12)7-13(11(15)16-2)9-4-3-5-10(14)6-9/h3-6,14H,1,7H2,2H3. The van der Waals surface area contributed by atoms with E-state index in [2.05, 4.69) is 27.2 Å². The number of aromatic hydroxyl groups is 1. The fourth-order valence-corrected chi connectivity index (χ4v) is 1.45. The second-order valence-corrected chi connectivity index (χ2v) is 4.21. The number of ether oxygens (including phenoxy) is 1. The van der Waals surface area contributed by atoms with Crippen molar-refractivity contribution in [3.05, 3.63) is 35.3 Å². The Balaban J connectivity index is 3.00. The third-order valence-electron chi connectivity index (χ3n) is 1.87. The van der Waals surface area contributed by atoms with Crippen molar-refractivity contribution in [2.45, 2.75) is 0 Å². The summed E-state index contributed by atoms with van der Waals surface area (Å²) in [4.78, 5) is 12.9. The molecule has 0 fully saturated rings. The molecule has 16 heavy (non-hydrogen) atoms. The van der Waals surface area contributed by atoms with Crippen LogP contribution in [0.4, 0.5) is 10.5 Å². The van der Waals surface area contributed by atoms with Gasteiger partial charge in [0.25, 0.3) is 0 Å². The minimum atomic E-state index is -0.508. The highest BCUT2D eigenvalue weighted by Crippen LogP contribution is 2.22. The molecule has 0 aliphatic rings. The molecule has 1 rings (SSSR count). The molecule has 0 unspecified atom stereocenters. The Labute approximate surface area is 102 Å². The Bertz CT molecular complexity index is 406. The van der Waals surface area contributed by atoms with Crippen molar-refractivity contribution in [1.82, 2.24) is 0 Å². The second-order valence-electron chi connectivity index (χ2n) is 3.09. The van der Waals surface area contributed by atoms with Gasteiger partial charge in [0, 0.05) is 10.5 Å². The Morgan fingerprint density at radius 1 is 1.62 bits per heavy atom. The molecule has 0 atom stereocenters. The lowest BCUT2D eigenvalue weighted by Crippen LogP contribution is -2.31. The van der Waals surface area contributed by atoms with Crippen LogP contribution in [0.2, 0.25) is 0 Å². The van der Waals surface area contributed by atoms with Crippen LogP contribution in [-0.4, -0.2) is 24.9 Å². The van der Waals surface area contributed by atoms with Gasteiger partial charge < -0.3 is 9.84 Å². The number of phenolic OH excluding ortho intramolecular Hbond substituents is 1.